The Bertz CT molecular complexity index is 1170. The summed E-state index contributed by atoms with van der Waals surface area (Å²) in [6, 6.07) is 7.41. The number of ether oxygens (including phenoxy) is 2. The van der Waals surface area contributed by atoms with Gasteiger partial charge >= 0.3 is 5.97 Å². The molecular weight excluding hydrogens is 424 g/mol. The van der Waals surface area contributed by atoms with Crippen molar-refractivity contribution in [3.63, 3.8) is 0 Å². The summed E-state index contributed by atoms with van der Waals surface area (Å²) in [5.41, 5.74) is 2.24. The number of nitrogens with zero attached hydrogens (tertiary/aromatic N) is 5. The molecule has 176 valence electrons. The Hall–Kier alpha value is -3.11. The van der Waals surface area contributed by atoms with Gasteiger partial charge in [-0.15, -0.1) is 5.10 Å². The zero-order valence-electron chi connectivity index (χ0n) is 19.3. The summed E-state index contributed by atoms with van der Waals surface area (Å²) in [5.74, 6) is 0.292. The van der Waals surface area contributed by atoms with Gasteiger partial charge in [-0.05, 0) is 54.1 Å². The number of fused-ring (bicyclic) bond motifs is 1. The summed E-state index contributed by atoms with van der Waals surface area (Å²) in [4.78, 5) is 30.8. The number of carbonyl (C=O) groups is 1. The molecule has 0 radical (unpaired) electrons. The summed E-state index contributed by atoms with van der Waals surface area (Å²) in [7, 11) is 1.62. The maximum absolute atomic E-state index is 13.3. The van der Waals surface area contributed by atoms with E-state index in [1.54, 1.807) is 11.8 Å². The molecule has 0 aliphatic carbocycles. The van der Waals surface area contributed by atoms with Crippen LogP contribution in [0.15, 0.2) is 29.1 Å². The number of carbonyl (C=O) groups excluding carboxylic acids is 1. The SMILES string of the molecule is CCOC(=O)C1CCN(C(c2cc3cccc(C)c3[nH]c2=O)c2nnnn2CCOC)CC1. The van der Waals surface area contributed by atoms with Gasteiger partial charge < -0.3 is 14.5 Å². The van der Waals surface area contributed by atoms with Gasteiger partial charge in [0.15, 0.2) is 5.82 Å². The highest BCUT2D eigenvalue weighted by Crippen LogP contribution is 2.31. The van der Waals surface area contributed by atoms with E-state index in [1.165, 1.54) is 0 Å². The lowest BCUT2D eigenvalue weighted by Crippen LogP contribution is -2.42. The van der Waals surface area contributed by atoms with Crippen molar-refractivity contribution in [3.05, 3.63) is 51.6 Å². The summed E-state index contributed by atoms with van der Waals surface area (Å²) in [6.45, 7) is 6.33. The van der Waals surface area contributed by atoms with Gasteiger partial charge in [0, 0.05) is 25.8 Å². The zero-order valence-corrected chi connectivity index (χ0v) is 19.3. The lowest BCUT2D eigenvalue weighted by molar-refractivity contribution is -0.149. The number of benzene rings is 1. The van der Waals surface area contributed by atoms with Gasteiger partial charge in [-0.25, -0.2) is 4.68 Å². The molecule has 0 amide bonds. The first-order chi connectivity index (χ1) is 16.0. The molecule has 1 N–H and O–H groups in total. The van der Waals surface area contributed by atoms with Crippen molar-refractivity contribution in [1.29, 1.82) is 0 Å². The standard InChI is InChI=1S/C23H30N6O4/c1-4-33-23(31)16-8-10-28(11-9-16)20(21-25-26-27-29(21)12-13-32-3)18-14-17-7-5-6-15(2)19(17)24-22(18)30/h5-7,14,16,20H,4,8-13H2,1-3H3,(H,24,30). The molecule has 1 saturated heterocycles. The van der Waals surface area contributed by atoms with E-state index >= 15 is 0 Å². The third-order valence-electron chi connectivity index (χ3n) is 6.24. The van der Waals surface area contributed by atoms with Crippen LogP contribution in [0.5, 0.6) is 0 Å². The number of para-hydroxylation sites is 1. The molecule has 3 heterocycles. The van der Waals surface area contributed by atoms with Crippen molar-refractivity contribution in [2.45, 2.75) is 39.3 Å². The van der Waals surface area contributed by atoms with Gasteiger partial charge in [0.25, 0.3) is 5.56 Å². The first kappa shape index (κ1) is 23.1. The summed E-state index contributed by atoms with van der Waals surface area (Å²) < 4.78 is 12.1. The van der Waals surface area contributed by atoms with E-state index in [0.29, 0.717) is 57.1 Å². The van der Waals surface area contributed by atoms with E-state index < -0.39 is 6.04 Å². The van der Waals surface area contributed by atoms with Crippen LogP contribution in [0.3, 0.4) is 0 Å². The maximum atomic E-state index is 13.3. The fraction of sp³-hybridized carbons (Fsp3) is 0.522. The quantitative estimate of drug-likeness (QED) is 0.513. The molecule has 0 bridgehead atoms. The highest BCUT2D eigenvalue weighted by molar-refractivity contribution is 5.82. The second-order valence-corrected chi connectivity index (χ2v) is 8.31. The Morgan fingerprint density at radius 3 is 2.82 bits per heavy atom. The van der Waals surface area contributed by atoms with Crippen LogP contribution in [0.1, 0.15) is 42.8 Å². The van der Waals surface area contributed by atoms with Crippen LogP contribution >= 0.6 is 0 Å². The van der Waals surface area contributed by atoms with Crippen LogP contribution in [0.4, 0.5) is 0 Å². The molecule has 0 saturated carbocycles. The van der Waals surface area contributed by atoms with Crippen LogP contribution in [0, 0.1) is 12.8 Å². The number of aryl methyl sites for hydroxylation is 1. The van der Waals surface area contributed by atoms with Crippen molar-refractivity contribution >= 4 is 16.9 Å². The summed E-state index contributed by atoms with van der Waals surface area (Å²) in [5, 5.41) is 13.3. The van der Waals surface area contributed by atoms with Gasteiger partial charge in [0.05, 0.1) is 31.2 Å². The highest BCUT2D eigenvalue weighted by Gasteiger charge is 2.35. The number of esters is 1. The minimum Gasteiger partial charge on any atom is -0.466 e. The molecule has 3 aromatic rings. The second kappa shape index (κ2) is 10.2. The van der Waals surface area contributed by atoms with Crippen molar-refractivity contribution in [3.8, 4) is 0 Å². The number of hydrogen-bond donors (Lipinski definition) is 1. The van der Waals surface area contributed by atoms with Crippen molar-refractivity contribution in [2.24, 2.45) is 5.92 Å². The molecule has 1 atom stereocenters. The van der Waals surface area contributed by atoms with Crippen LogP contribution in [-0.2, 0) is 20.8 Å². The van der Waals surface area contributed by atoms with Crippen LogP contribution in [-0.4, -0.2) is 69.5 Å². The predicted molar refractivity (Wildman–Crippen MR) is 122 cm³/mol. The molecule has 2 aromatic heterocycles. The zero-order chi connectivity index (χ0) is 23.4. The van der Waals surface area contributed by atoms with Gasteiger partial charge in [-0.2, -0.15) is 0 Å². The lowest BCUT2D eigenvalue weighted by atomic mass is 9.93. The normalized spacial score (nSPS) is 16.2. The third kappa shape index (κ3) is 4.81. The lowest BCUT2D eigenvalue weighted by Gasteiger charge is -2.36. The molecular formula is C23H30N6O4. The molecule has 1 unspecified atom stereocenters. The smallest absolute Gasteiger partial charge is 0.309 e. The summed E-state index contributed by atoms with van der Waals surface area (Å²) in [6.07, 6.45) is 1.30. The number of methoxy groups -OCH3 is 1. The van der Waals surface area contributed by atoms with E-state index in [2.05, 4.69) is 25.4 Å². The molecule has 10 nitrogen and oxygen atoms in total. The Morgan fingerprint density at radius 2 is 2.09 bits per heavy atom. The third-order valence-corrected chi connectivity index (χ3v) is 6.24. The van der Waals surface area contributed by atoms with Gasteiger partial charge in [0.1, 0.15) is 6.04 Å². The Morgan fingerprint density at radius 1 is 1.30 bits per heavy atom. The number of nitrogens with one attached hydrogen (secondary N) is 1. The average molecular weight is 455 g/mol. The van der Waals surface area contributed by atoms with Crippen LogP contribution in [0.25, 0.3) is 10.9 Å². The number of aromatic nitrogens is 5. The van der Waals surface area contributed by atoms with E-state index in [0.717, 1.165) is 16.5 Å². The number of aromatic amines is 1. The molecule has 0 spiro atoms. The van der Waals surface area contributed by atoms with E-state index in [1.807, 2.05) is 38.1 Å². The highest BCUT2D eigenvalue weighted by atomic mass is 16.5. The number of pyridine rings is 1. The topological polar surface area (TPSA) is 115 Å². The number of hydrogen-bond acceptors (Lipinski definition) is 8. The van der Waals surface area contributed by atoms with Gasteiger partial charge in [-0.1, -0.05) is 18.2 Å². The maximum Gasteiger partial charge on any atom is 0.309 e. The van der Waals surface area contributed by atoms with E-state index in [9.17, 15) is 9.59 Å². The Labute approximate surface area is 191 Å². The van der Waals surface area contributed by atoms with E-state index in [-0.39, 0.29) is 17.4 Å². The fourth-order valence-electron chi connectivity index (χ4n) is 4.50. The Kier molecular flexibility index (Phi) is 7.14. The first-order valence-electron chi connectivity index (χ1n) is 11.3. The number of piperidine rings is 1. The number of H-pyrrole nitrogens is 1. The second-order valence-electron chi connectivity index (χ2n) is 8.31. The average Bonchev–Trinajstić information content (AvgIpc) is 3.27. The minimum atomic E-state index is -0.450. The van der Waals surface area contributed by atoms with Crippen molar-refractivity contribution < 1.29 is 14.3 Å². The molecule has 1 aliphatic heterocycles. The van der Waals surface area contributed by atoms with Crippen LogP contribution < -0.4 is 5.56 Å². The van der Waals surface area contributed by atoms with Crippen molar-refractivity contribution in [2.75, 3.05) is 33.4 Å². The molecule has 33 heavy (non-hydrogen) atoms. The number of rotatable bonds is 8. The van der Waals surface area contributed by atoms with Crippen molar-refractivity contribution in [1.82, 2.24) is 30.1 Å². The molecule has 1 aromatic carbocycles. The molecule has 10 heteroatoms. The first-order valence-corrected chi connectivity index (χ1v) is 11.3. The Balaban J connectivity index is 1.73. The fourth-order valence-corrected chi connectivity index (χ4v) is 4.50. The monoisotopic (exact) mass is 454 g/mol. The number of tetrazole rings is 1. The van der Waals surface area contributed by atoms with Gasteiger partial charge in [0.2, 0.25) is 0 Å². The predicted octanol–water partition coefficient (Wildman–Crippen LogP) is 1.83. The molecule has 1 aliphatic rings. The van der Waals surface area contributed by atoms with Gasteiger partial charge in [-0.3, -0.25) is 14.5 Å². The largest absolute Gasteiger partial charge is 0.466 e. The van der Waals surface area contributed by atoms with Crippen LogP contribution in [0.2, 0.25) is 0 Å². The molecule has 4 rings (SSSR count). The summed E-state index contributed by atoms with van der Waals surface area (Å²) >= 11 is 0. The number of likely N-dealkylation sites (tertiary alicyclic amines) is 1. The minimum absolute atomic E-state index is 0.135. The molecule has 1 fully saturated rings. The van der Waals surface area contributed by atoms with E-state index in [4.69, 9.17) is 9.47 Å².